The molecule has 3 amide bonds. The first-order valence-corrected chi connectivity index (χ1v) is 16.9. The minimum atomic E-state index is -0.560. The minimum Gasteiger partial charge on any atom is -0.368 e. The highest BCUT2D eigenvalue weighted by atomic mass is 35.5. The minimum absolute atomic E-state index is 0.00709. The summed E-state index contributed by atoms with van der Waals surface area (Å²) in [6, 6.07) is 7.14. The lowest BCUT2D eigenvalue weighted by Crippen LogP contribution is -2.54. The second-order valence-electron chi connectivity index (χ2n) is 13.6. The zero-order chi connectivity index (χ0) is 30.1. The van der Waals surface area contributed by atoms with Gasteiger partial charge in [-0.25, -0.2) is 0 Å². The van der Waals surface area contributed by atoms with E-state index in [1.807, 2.05) is 34.1 Å². The Morgan fingerprint density at radius 3 is 2.33 bits per heavy atom. The van der Waals surface area contributed by atoms with Crippen LogP contribution in [0.5, 0.6) is 0 Å². The van der Waals surface area contributed by atoms with E-state index in [1.165, 1.54) is 0 Å². The van der Waals surface area contributed by atoms with Crippen LogP contribution in [0.15, 0.2) is 24.3 Å². The summed E-state index contributed by atoms with van der Waals surface area (Å²) in [6.45, 7) is 7.56. The van der Waals surface area contributed by atoms with Gasteiger partial charge < -0.3 is 29.7 Å². The van der Waals surface area contributed by atoms with Crippen molar-refractivity contribution in [3.63, 3.8) is 0 Å². The van der Waals surface area contributed by atoms with Crippen molar-refractivity contribution < 1.29 is 19.1 Å². The summed E-state index contributed by atoms with van der Waals surface area (Å²) in [7, 11) is 2.08. The molecule has 1 aromatic rings. The Balaban J connectivity index is 1.28. The number of nitrogens with zero attached hydrogens (tertiary/aromatic N) is 4. The van der Waals surface area contributed by atoms with E-state index >= 15 is 0 Å². The highest BCUT2D eigenvalue weighted by molar-refractivity contribution is 6.30. The van der Waals surface area contributed by atoms with Gasteiger partial charge >= 0.3 is 0 Å². The van der Waals surface area contributed by atoms with Crippen molar-refractivity contribution in [2.24, 2.45) is 11.8 Å². The molecule has 2 unspecified atom stereocenters. The standard InChI is InChI=1S/C33H48ClN5O4/c1-22-5-11-25(12-6-22)39(33(42)30-4-3-17-43-30)26-18-29(32(41)37-15-13-36(2)14-16-37)38(21-26)31(40)28-20-35-19-27(28)23-7-9-24(34)10-8-23/h7-10,22,25-30,35H,3-6,11-21H2,1-2H3/t22?,25?,26?,27-,28+,29?,30-/m0/s1. The second kappa shape index (κ2) is 13.4. The fraction of sp³-hybridized carbons (Fsp3) is 0.727. The van der Waals surface area contributed by atoms with Gasteiger partial charge in [-0.05, 0) is 75.6 Å². The molecule has 5 aliphatic rings. The van der Waals surface area contributed by atoms with E-state index in [0.29, 0.717) is 56.7 Å². The van der Waals surface area contributed by atoms with Gasteiger partial charge in [0.2, 0.25) is 11.8 Å². The number of rotatable bonds is 6. The Bertz CT molecular complexity index is 1140. The van der Waals surface area contributed by atoms with Gasteiger partial charge in [0.25, 0.3) is 5.91 Å². The first-order valence-electron chi connectivity index (χ1n) is 16.5. The van der Waals surface area contributed by atoms with Crippen molar-refractivity contribution in [2.75, 3.05) is 59.5 Å². The molecule has 4 heterocycles. The van der Waals surface area contributed by atoms with E-state index < -0.39 is 12.1 Å². The van der Waals surface area contributed by atoms with E-state index in [2.05, 4.69) is 29.1 Å². The van der Waals surface area contributed by atoms with Crippen molar-refractivity contribution in [3.8, 4) is 0 Å². The lowest BCUT2D eigenvalue weighted by molar-refractivity contribution is -0.148. The maximum Gasteiger partial charge on any atom is 0.252 e. The fourth-order valence-electron chi connectivity index (χ4n) is 8.06. The van der Waals surface area contributed by atoms with Crippen LogP contribution >= 0.6 is 11.6 Å². The molecular formula is C33H48ClN5O4. The molecule has 1 aliphatic carbocycles. The molecule has 10 heteroatoms. The SMILES string of the molecule is CC1CCC(N(C(=O)[C@@H]2CCCO2)C2CC(C(=O)N3CCN(C)CC3)N(C(=O)[C@@H]3CNC[C@H]3c3ccc(Cl)cc3)C2)CC1. The van der Waals surface area contributed by atoms with Crippen molar-refractivity contribution in [3.05, 3.63) is 34.9 Å². The van der Waals surface area contributed by atoms with Gasteiger partial charge in [-0.2, -0.15) is 0 Å². The molecule has 43 heavy (non-hydrogen) atoms. The molecule has 0 radical (unpaired) electrons. The van der Waals surface area contributed by atoms with Crippen LogP contribution < -0.4 is 5.32 Å². The number of nitrogens with one attached hydrogen (secondary N) is 1. The summed E-state index contributed by atoms with van der Waals surface area (Å²) >= 11 is 6.17. The Morgan fingerprint density at radius 1 is 0.930 bits per heavy atom. The van der Waals surface area contributed by atoms with Gasteiger partial charge in [-0.15, -0.1) is 0 Å². The fourth-order valence-corrected chi connectivity index (χ4v) is 8.19. The summed E-state index contributed by atoms with van der Waals surface area (Å²) in [5.74, 6) is 0.488. The Labute approximate surface area is 261 Å². The van der Waals surface area contributed by atoms with Crippen molar-refractivity contribution in [1.82, 2.24) is 24.9 Å². The lowest BCUT2D eigenvalue weighted by Gasteiger charge is -2.41. The van der Waals surface area contributed by atoms with Crippen LogP contribution in [0, 0.1) is 11.8 Å². The molecule has 5 fully saturated rings. The molecule has 0 aromatic heterocycles. The van der Waals surface area contributed by atoms with Crippen LogP contribution in [0.3, 0.4) is 0 Å². The third kappa shape index (κ3) is 6.60. The Hall–Kier alpha value is -2.20. The normalized spacial score (nSPS) is 33.6. The molecule has 1 saturated carbocycles. The van der Waals surface area contributed by atoms with Gasteiger partial charge in [0.15, 0.2) is 0 Å². The maximum absolute atomic E-state index is 14.5. The first kappa shape index (κ1) is 30.8. The number of amides is 3. The molecule has 1 aromatic carbocycles. The van der Waals surface area contributed by atoms with E-state index in [-0.39, 0.29) is 41.6 Å². The maximum atomic E-state index is 14.5. The average Bonchev–Trinajstić information content (AvgIpc) is 3.80. The molecule has 236 valence electrons. The molecule has 4 saturated heterocycles. The zero-order valence-corrected chi connectivity index (χ0v) is 26.5. The van der Waals surface area contributed by atoms with Gasteiger partial charge in [-0.3, -0.25) is 14.4 Å². The number of hydrogen-bond acceptors (Lipinski definition) is 6. The van der Waals surface area contributed by atoms with Crippen molar-refractivity contribution in [1.29, 1.82) is 0 Å². The number of likely N-dealkylation sites (tertiary alicyclic amines) is 1. The summed E-state index contributed by atoms with van der Waals surface area (Å²) in [6.07, 6.45) is 5.83. The van der Waals surface area contributed by atoms with E-state index in [0.717, 1.165) is 57.2 Å². The molecule has 9 nitrogen and oxygen atoms in total. The van der Waals surface area contributed by atoms with Crippen LogP contribution in [-0.4, -0.2) is 121 Å². The number of benzene rings is 1. The smallest absolute Gasteiger partial charge is 0.252 e. The van der Waals surface area contributed by atoms with E-state index in [9.17, 15) is 14.4 Å². The summed E-state index contributed by atoms with van der Waals surface area (Å²) < 4.78 is 5.90. The van der Waals surface area contributed by atoms with Gasteiger partial charge in [0.1, 0.15) is 12.1 Å². The van der Waals surface area contributed by atoms with E-state index in [1.54, 1.807) is 0 Å². The third-order valence-electron chi connectivity index (χ3n) is 10.7. The number of hydrogen-bond donors (Lipinski definition) is 1. The van der Waals surface area contributed by atoms with Crippen LogP contribution in [-0.2, 0) is 19.1 Å². The van der Waals surface area contributed by atoms with Crippen LogP contribution in [0.4, 0.5) is 0 Å². The predicted octanol–water partition coefficient (Wildman–Crippen LogP) is 2.97. The number of ether oxygens (including phenoxy) is 1. The quantitative estimate of drug-likeness (QED) is 0.531. The molecule has 0 bridgehead atoms. The third-order valence-corrected chi connectivity index (χ3v) is 11.0. The van der Waals surface area contributed by atoms with E-state index in [4.69, 9.17) is 16.3 Å². The van der Waals surface area contributed by atoms with Gasteiger partial charge in [-0.1, -0.05) is 30.7 Å². The Kier molecular flexibility index (Phi) is 9.62. The highest BCUT2D eigenvalue weighted by Crippen LogP contribution is 2.37. The molecular weight excluding hydrogens is 566 g/mol. The number of carbonyl (C=O) groups excluding carboxylic acids is 3. The van der Waals surface area contributed by atoms with Crippen LogP contribution in [0.25, 0.3) is 0 Å². The predicted molar refractivity (Wildman–Crippen MR) is 166 cm³/mol. The first-order chi connectivity index (χ1) is 20.8. The lowest BCUT2D eigenvalue weighted by atomic mass is 9.85. The monoisotopic (exact) mass is 613 g/mol. The number of likely N-dealkylation sites (N-methyl/N-ethyl adjacent to an activating group) is 1. The number of carbonyl (C=O) groups is 3. The largest absolute Gasteiger partial charge is 0.368 e. The Morgan fingerprint density at radius 2 is 1.65 bits per heavy atom. The van der Waals surface area contributed by atoms with Crippen LogP contribution in [0.1, 0.15) is 63.4 Å². The molecule has 1 N–H and O–H groups in total. The second-order valence-corrected chi connectivity index (χ2v) is 14.0. The van der Waals surface area contributed by atoms with Gasteiger partial charge in [0, 0.05) is 69.4 Å². The highest BCUT2D eigenvalue weighted by Gasteiger charge is 2.50. The molecule has 5 atom stereocenters. The molecule has 0 spiro atoms. The summed E-state index contributed by atoms with van der Waals surface area (Å²) in [4.78, 5) is 50.9. The van der Waals surface area contributed by atoms with Crippen LogP contribution in [0.2, 0.25) is 5.02 Å². The average molecular weight is 614 g/mol. The zero-order valence-electron chi connectivity index (χ0n) is 25.8. The van der Waals surface area contributed by atoms with Crippen molar-refractivity contribution >= 4 is 29.3 Å². The summed E-state index contributed by atoms with van der Waals surface area (Å²) in [5, 5.41) is 4.11. The van der Waals surface area contributed by atoms with Gasteiger partial charge in [0.05, 0.1) is 12.0 Å². The molecule has 4 aliphatic heterocycles. The summed E-state index contributed by atoms with van der Waals surface area (Å²) in [5.41, 5.74) is 1.08. The topological polar surface area (TPSA) is 85.4 Å². The van der Waals surface area contributed by atoms with Crippen molar-refractivity contribution in [2.45, 2.75) is 82.0 Å². The number of halogens is 1. The molecule has 6 rings (SSSR count). The number of piperazine rings is 1.